The summed E-state index contributed by atoms with van der Waals surface area (Å²) in [6.07, 6.45) is 0.653. The number of likely N-dealkylation sites (tertiary alicyclic amines) is 1. The molecule has 0 radical (unpaired) electrons. The van der Waals surface area contributed by atoms with Crippen molar-refractivity contribution in [1.29, 1.82) is 5.41 Å². The summed E-state index contributed by atoms with van der Waals surface area (Å²) in [6.45, 7) is 3.33. The lowest BCUT2D eigenvalue weighted by atomic mass is 9.87. The maximum absolute atomic E-state index is 13.7. The van der Waals surface area contributed by atoms with Crippen LogP contribution in [0.15, 0.2) is 24.3 Å². The largest absolute Gasteiger partial charge is 0.478 e. The fraction of sp³-hybridized carbons (Fsp3) is 0.533. The molecule has 0 spiro atoms. The molecule has 2 aromatic rings. The van der Waals surface area contributed by atoms with Gasteiger partial charge in [0.05, 0.1) is 16.7 Å². The molecule has 2 N–H and O–H groups in total. The van der Waals surface area contributed by atoms with Gasteiger partial charge in [0, 0.05) is 20.0 Å². The van der Waals surface area contributed by atoms with E-state index in [2.05, 4.69) is 27.1 Å². The van der Waals surface area contributed by atoms with Gasteiger partial charge in [-0.3, -0.25) is 15.1 Å². The quantitative estimate of drug-likeness (QED) is 0.256. The first-order valence-electron chi connectivity index (χ1n) is 14.2. The average Bonchev–Trinajstić information content (AvgIpc) is 3.51. The molecule has 1 amide bonds. The summed E-state index contributed by atoms with van der Waals surface area (Å²) < 4.78 is 51.7. The topological polar surface area (TPSA) is 104 Å². The highest BCUT2D eigenvalue weighted by Gasteiger charge is 2.49. The monoisotopic (exact) mass is 584 g/mol. The van der Waals surface area contributed by atoms with Crippen LogP contribution in [-0.2, 0) is 21.6 Å². The fourth-order valence-corrected chi connectivity index (χ4v) is 5.67. The van der Waals surface area contributed by atoms with E-state index in [1.165, 1.54) is 4.90 Å². The highest BCUT2D eigenvalue weighted by molar-refractivity contribution is 6.12. The summed E-state index contributed by atoms with van der Waals surface area (Å²) in [5.74, 6) is 7.69. The van der Waals surface area contributed by atoms with E-state index >= 15 is 0 Å². The van der Waals surface area contributed by atoms with Gasteiger partial charge in [-0.05, 0) is 70.2 Å². The first kappa shape index (κ1) is 29.5. The fourth-order valence-electron chi connectivity index (χ4n) is 5.67. The van der Waals surface area contributed by atoms with Crippen LogP contribution in [0.3, 0.4) is 0 Å². The molecule has 9 nitrogen and oxygen atoms in total. The Morgan fingerprint density at radius 1 is 1.14 bits per heavy atom. The molecule has 3 aliphatic rings. The van der Waals surface area contributed by atoms with Crippen molar-refractivity contribution < 1.29 is 27.4 Å². The van der Waals surface area contributed by atoms with E-state index in [0.717, 1.165) is 37.0 Å². The Hall–Kier alpha value is -4.01. The second-order valence-corrected chi connectivity index (χ2v) is 11.2. The van der Waals surface area contributed by atoms with E-state index < -0.39 is 23.7 Å². The minimum Gasteiger partial charge on any atom is -0.478 e. The van der Waals surface area contributed by atoms with Crippen molar-refractivity contribution >= 4 is 29.3 Å². The summed E-state index contributed by atoms with van der Waals surface area (Å²) in [4.78, 5) is 25.2. The summed E-state index contributed by atoms with van der Waals surface area (Å²) in [5.41, 5.74) is 0.211. The summed E-state index contributed by atoms with van der Waals surface area (Å²) in [7, 11) is 1.67. The number of hydrogen-bond acceptors (Lipinski definition) is 7. The number of benzene rings is 1. The number of ether oxygens (including phenoxy) is 2. The molecule has 2 atom stereocenters. The van der Waals surface area contributed by atoms with E-state index in [-0.39, 0.29) is 37.4 Å². The minimum absolute atomic E-state index is 0.0827. The predicted molar refractivity (Wildman–Crippen MR) is 152 cm³/mol. The number of halogens is 3. The molecular weight excluding hydrogens is 549 g/mol. The van der Waals surface area contributed by atoms with Gasteiger partial charge in [0.25, 0.3) is 6.02 Å². The number of amides is 1. The Labute approximate surface area is 243 Å². The summed E-state index contributed by atoms with van der Waals surface area (Å²) in [6, 6.07) is 4.83. The SMILES string of the molecule is CNc1nc(COC(=N)N2CCC[C@@H]2C(F)(F)F)nc2c1C(C)(C)C(=O)N2c1ccc(OC2C#CCCCCC2)cc1. The Morgan fingerprint density at radius 2 is 1.90 bits per heavy atom. The highest BCUT2D eigenvalue weighted by Crippen LogP contribution is 2.47. The molecule has 1 aromatic heterocycles. The molecule has 0 bridgehead atoms. The first-order valence-corrected chi connectivity index (χ1v) is 14.2. The van der Waals surface area contributed by atoms with Crippen molar-refractivity contribution in [3.8, 4) is 17.6 Å². The van der Waals surface area contributed by atoms with Gasteiger partial charge in [0.2, 0.25) is 5.91 Å². The number of alkyl halides is 3. The number of rotatable bonds is 6. The van der Waals surface area contributed by atoms with Gasteiger partial charge >= 0.3 is 6.18 Å². The van der Waals surface area contributed by atoms with Gasteiger partial charge in [-0.2, -0.15) is 13.2 Å². The molecule has 12 heteroatoms. The van der Waals surface area contributed by atoms with Crippen LogP contribution in [0.4, 0.5) is 30.5 Å². The normalized spacial score (nSPS) is 21.6. The van der Waals surface area contributed by atoms with Crippen molar-refractivity contribution in [3.05, 3.63) is 35.7 Å². The van der Waals surface area contributed by atoms with E-state index in [1.54, 1.807) is 45.2 Å². The standard InChI is InChI=1S/C30H35F3N6O3/c1-29(2)24-25(35-3)36-23(18-41-28(34)38-17-9-12-22(38)30(31,32)33)37-26(24)39(27(29)40)19-13-15-21(16-14-19)42-20-10-7-5-4-6-8-11-20/h13-16,20,22,34H,4-7,9-10,12,17-18H2,1-3H3,(H,35,36,37)/t20?,22-/m1/s1. The number of carbonyl (C=O) groups excluding carboxylic acids is 1. The van der Waals surface area contributed by atoms with Crippen LogP contribution >= 0.6 is 0 Å². The van der Waals surface area contributed by atoms with Crippen molar-refractivity contribution in [1.82, 2.24) is 14.9 Å². The number of fused-ring (bicyclic) bond motifs is 1. The molecule has 1 aliphatic carbocycles. The lowest BCUT2D eigenvalue weighted by Gasteiger charge is -2.27. The van der Waals surface area contributed by atoms with Gasteiger partial charge in [-0.15, -0.1) is 0 Å². The van der Waals surface area contributed by atoms with E-state index in [9.17, 15) is 18.0 Å². The van der Waals surface area contributed by atoms with Crippen LogP contribution < -0.4 is 15.0 Å². The van der Waals surface area contributed by atoms with Crippen LogP contribution in [0, 0.1) is 17.3 Å². The zero-order chi connectivity index (χ0) is 30.1. The van der Waals surface area contributed by atoms with Gasteiger partial charge in [0.1, 0.15) is 23.4 Å². The second kappa shape index (κ2) is 11.7. The van der Waals surface area contributed by atoms with Gasteiger partial charge in [0.15, 0.2) is 18.5 Å². The maximum Gasteiger partial charge on any atom is 0.408 e. The van der Waals surface area contributed by atoms with Crippen molar-refractivity contribution in [2.24, 2.45) is 0 Å². The smallest absolute Gasteiger partial charge is 0.408 e. The van der Waals surface area contributed by atoms with Gasteiger partial charge in [-0.1, -0.05) is 18.3 Å². The molecular formula is C30H35F3N6O3. The van der Waals surface area contributed by atoms with Crippen LogP contribution in [0.1, 0.15) is 70.2 Å². The number of carbonyl (C=O) groups is 1. The third-order valence-electron chi connectivity index (χ3n) is 7.88. The highest BCUT2D eigenvalue weighted by atomic mass is 19.4. The third-order valence-corrected chi connectivity index (χ3v) is 7.88. The molecule has 1 unspecified atom stereocenters. The first-order chi connectivity index (χ1) is 20.0. The average molecular weight is 585 g/mol. The van der Waals surface area contributed by atoms with Crippen LogP contribution in [-0.4, -0.2) is 58.7 Å². The zero-order valence-electron chi connectivity index (χ0n) is 24.0. The van der Waals surface area contributed by atoms with E-state index in [1.807, 2.05) is 0 Å². The molecule has 3 heterocycles. The lowest BCUT2D eigenvalue weighted by molar-refractivity contribution is -0.169. The summed E-state index contributed by atoms with van der Waals surface area (Å²) >= 11 is 0. The molecule has 1 aromatic carbocycles. The molecule has 2 aliphatic heterocycles. The van der Waals surface area contributed by atoms with Crippen LogP contribution in [0.5, 0.6) is 5.75 Å². The molecule has 42 heavy (non-hydrogen) atoms. The van der Waals surface area contributed by atoms with Crippen molar-refractivity contribution in [2.45, 2.75) is 89.1 Å². The Morgan fingerprint density at radius 3 is 2.62 bits per heavy atom. The lowest BCUT2D eigenvalue weighted by Crippen LogP contribution is -2.45. The van der Waals surface area contributed by atoms with Gasteiger partial charge in [-0.25, -0.2) is 9.97 Å². The number of hydrogen-bond donors (Lipinski definition) is 2. The molecule has 1 fully saturated rings. The maximum atomic E-state index is 13.7. The van der Waals surface area contributed by atoms with Crippen molar-refractivity contribution in [2.75, 3.05) is 23.8 Å². The zero-order valence-corrected chi connectivity index (χ0v) is 24.0. The Kier molecular flexibility index (Phi) is 8.21. The van der Waals surface area contributed by atoms with Crippen LogP contribution in [0.25, 0.3) is 0 Å². The molecule has 1 saturated heterocycles. The number of amidine groups is 1. The summed E-state index contributed by atoms with van der Waals surface area (Å²) in [5, 5.41) is 11.2. The number of anilines is 3. The Balaban J connectivity index is 1.38. The second-order valence-electron chi connectivity index (χ2n) is 11.2. The minimum atomic E-state index is -4.45. The molecule has 224 valence electrons. The van der Waals surface area contributed by atoms with E-state index in [4.69, 9.17) is 14.9 Å². The number of nitrogens with one attached hydrogen (secondary N) is 2. The van der Waals surface area contributed by atoms with Crippen LogP contribution in [0.2, 0.25) is 0 Å². The Bertz CT molecular complexity index is 1400. The van der Waals surface area contributed by atoms with E-state index in [0.29, 0.717) is 35.1 Å². The molecule has 0 saturated carbocycles. The molecule has 5 rings (SSSR count). The van der Waals surface area contributed by atoms with Gasteiger partial charge < -0.3 is 19.7 Å². The number of nitrogens with zero attached hydrogens (tertiary/aromatic N) is 4. The van der Waals surface area contributed by atoms with Crippen molar-refractivity contribution in [3.63, 3.8) is 0 Å². The number of aromatic nitrogens is 2. The predicted octanol–water partition coefficient (Wildman–Crippen LogP) is 5.67. The third kappa shape index (κ3) is 5.82.